The van der Waals surface area contributed by atoms with Gasteiger partial charge in [-0.1, -0.05) is 0 Å². The Hall–Kier alpha value is -1.67. The Morgan fingerprint density at radius 3 is 2.06 bits per heavy atom. The second-order valence-corrected chi connectivity index (χ2v) is 5.34. The zero-order valence-electron chi connectivity index (χ0n) is 9.66. The third-order valence-corrected chi connectivity index (χ3v) is 3.45. The van der Waals surface area contributed by atoms with Crippen LogP contribution in [0, 0.1) is 5.82 Å². The molecule has 2 N–H and O–H groups in total. The molecule has 1 rings (SSSR count). The highest BCUT2D eigenvalue weighted by Crippen LogP contribution is 2.27. The molecule has 1 aromatic rings. The fraction of sp³-hybridized carbons (Fsp3) is 0.300. The van der Waals surface area contributed by atoms with Gasteiger partial charge in [-0.2, -0.15) is 8.42 Å². The van der Waals surface area contributed by atoms with E-state index in [9.17, 15) is 17.6 Å². The molecule has 0 fully saturated rings. The van der Waals surface area contributed by atoms with Crippen molar-refractivity contribution >= 4 is 22.0 Å². The topological polar surface area (TPSA) is 94.9 Å². The normalized spacial score (nSPS) is 12.2. The zero-order valence-corrected chi connectivity index (χ0v) is 10.5. The van der Waals surface area contributed by atoms with Crippen LogP contribution in [0.25, 0.3) is 0 Å². The van der Waals surface area contributed by atoms with Crippen LogP contribution in [-0.4, -0.2) is 29.6 Å². The Morgan fingerprint density at radius 2 is 1.72 bits per heavy atom. The zero-order chi connectivity index (χ0) is 14.1. The van der Waals surface area contributed by atoms with Crippen molar-refractivity contribution < 1.29 is 27.3 Å². The third kappa shape index (κ3) is 2.77. The Morgan fingerprint density at radius 1 is 1.28 bits per heavy atom. The van der Waals surface area contributed by atoms with E-state index in [2.05, 4.69) is 0 Å². The monoisotopic (exact) mass is 277 g/mol. The number of carbonyl (C=O) groups is 1. The van der Waals surface area contributed by atoms with Crippen LogP contribution < -0.4 is 4.31 Å². The number of halogens is 1. The molecule has 0 atom stereocenters. The van der Waals surface area contributed by atoms with E-state index in [4.69, 9.17) is 9.66 Å². The second-order valence-electron chi connectivity index (χ2n) is 4.08. The predicted octanol–water partition coefficient (Wildman–Crippen LogP) is 1.30. The number of anilines is 1. The molecule has 0 aliphatic rings. The predicted molar refractivity (Wildman–Crippen MR) is 62.1 cm³/mol. The minimum absolute atomic E-state index is 0.147. The van der Waals surface area contributed by atoms with Crippen molar-refractivity contribution in [3.8, 4) is 0 Å². The van der Waals surface area contributed by atoms with Gasteiger partial charge >= 0.3 is 16.3 Å². The molecule has 0 unspecified atom stereocenters. The van der Waals surface area contributed by atoms with Crippen molar-refractivity contribution in [2.45, 2.75) is 19.4 Å². The van der Waals surface area contributed by atoms with Gasteiger partial charge in [0.05, 0.1) is 5.69 Å². The summed E-state index contributed by atoms with van der Waals surface area (Å²) in [5, 5.41) is 9.00. The average Bonchev–Trinajstić information content (AvgIpc) is 2.18. The number of hydrogen-bond acceptors (Lipinski definition) is 3. The molecule has 0 bridgehead atoms. The van der Waals surface area contributed by atoms with Crippen molar-refractivity contribution in [2.24, 2.45) is 0 Å². The van der Waals surface area contributed by atoms with E-state index >= 15 is 0 Å². The van der Waals surface area contributed by atoms with Gasteiger partial charge in [-0.15, -0.1) is 0 Å². The molecular formula is C10H12FNO5S. The van der Waals surface area contributed by atoms with Crippen molar-refractivity contribution in [1.29, 1.82) is 0 Å². The highest BCUT2D eigenvalue weighted by Gasteiger charge is 2.41. The summed E-state index contributed by atoms with van der Waals surface area (Å²) in [6, 6.07) is 4.05. The standard InChI is InChI=1S/C10H12FNO5S/c1-10(2,9(13)14)12(18(15,16)17)8-5-3-7(11)4-6-8/h3-6H,1-2H3,(H,13,14)(H,15,16,17). The number of aliphatic carboxylic acids is 1. The molecule has 0 spiro atoms. The largest absolute Gasteiger partial charge is 0.479 e. The lowest BCUT2D eigenvalue weighted by Crippen LogP contribution is -2.53. The van der Waals surface area contributed by atoms with E-state index in [0.29, 0.717) is 4.31 Å². The van der Waals surface area contributed by atoms with Crippen molar-refractivity contribution in [2.75, 3.05) is 4.31 Å². The quantitative estimate of drug-likeness (QED) is 0.809. The lowest BCUT2D eigenvalue weighted by molar-refractivity contribution is -0.141. The maximum atomic E-state index is 12.8. The van der Waals surface area contributed by atoms with Crippen LogP contribution in [-0.2, 0) is 15.1 Å². The van der Waals surface area contributed by atoms with E-state index < -0.39 is 27.6 Å². The van der Waals surface area contributed by atoms with Crippen LogP contribution in [0.4, 0.5) is 10.1 Å². The Bertz CT molecular complexity index is 552. The van der Waals surface area contributed by atoms with Crippen LogP contribution in [0.5, 0.6) is 0 Å². The van der Waals surface area contributed by atoms with Gasteiger partial charge in [0.2, 0.25) is 0 Å². The summed E-state index contributed by atoms with van der Waals surface area (Å²) in [6.45, 7) is 2.21. The summed E-state index contributed by atoms with van der Waals surface area (Å²) >= 11 is 0. The first kappa shape index (κ1) is 14.4. The first-order valence-corrected chi connectivity index (χ1v) is 6.23. The summed E-state index contributed by atoms with van der Waals surface area (Å²) in [6.07, 6.45) is 0. The summed E-state index contributed by atoms with van der Waals surface area (Å²) in [5.74, 6) is -2.06. The number of carboxylic acid groups (broad SMARTS) is 1. The number of carboxylic acids is 1. The molecule has 0 aromatic heterocycles. The number of hydrogen-bond donors (Lipinski definition) is 2. The fourth-order valence-electron chi connectivity index (χ4n) is 1.41. The van der Waals surface area contributed by atoms with Crippen LogP contribution in [0.15, 0.2) is 24.3 Å². The Balaban J connectivity index is 3.41. The van der Waals surface area contributed by atoms with Gasteiger partial charge < -0.3 is 5.11 Å². The minimum atomic E-state index is -4.80. The van der Waals surface area contributed by atoms with Crippen LogP contribution >= 0.6 is 0 Å². The third-order valence-electron chi connectivity index (χ3n) is 2.32. The molecule has 6 nitrogen and oxygen atoms in total. The van der Waals surface area contributed by atoms with Gasteiger partial charge in [-0.05, 0) is 38.1 Å². The molecule has 18 heavy (non-hydrogen) atoms. The van der Waals surface area contributed by atoms with Gasteiger partial charge in [-0.3, -0.25) is 4.55 Å². The Labute approximate surface area is 104 Å². The van der Waals surface area contributed by atoms with Crippen LogP contribution in [0.1, 0.15) is 13.8 Å². The first-order valence-electron chi connectivity index (χ1n) is 4.83. The maximum Gasteiger partial charge on any atom is 0.361 e. The van der Waals surface area contributed by atoms with Gasteiger partial charge in [0.15, 0.2) is 0 Å². The highest BCUT2D eigenvalue weighted by atomic mass is 32.2. The van der Waals surface area contributed by atoms with Crippen LogP contribution in [0.3, 0.4) is 0 Å². The maximum absolute atomic E-state index is 12.8. The second kappa shape index (κ2) is 4.54. The summed E-state index contributed by atoms with van der Waals surface area (Å²) in [5.41, 5.74) is -2.06. The van der Waals surface area contributed by atoms with Gasteiger partial charge in [0.25, 0.3) is 0 Å². The summed E-state index contributed by atoms with van der Waals surface area (Å²) < 4.78 is 44.8. The minimum Gasteiger partial charge on any atom is -0.479 e. The molecule has 0 saturated carbocycles. The SMILES string of the molecule is CC(C)(C(=O)O)N(c1ccc(F)cc1)S(=O)(=O)O. The smallest absolute Gasteiger partial charge is 0.361 e. The van der Waals surface area contributed by atoms with E-state index in [1.165, 1.54) is 0 Å². The molecule has 1 aromatic carbocycles. The fourth-order valence-corrected chi connectivity index (χ4v) is 2.45. The van der Waals surface area contributed by atoms with E-state index in [0.717, 1.165) is 38.1 Å². The van der Waals surface area contributed by atoms with E-state index in [1.807, 2.05) is 0 Å². The average molecular weight is 277 g/mol. The molecule has 0 amide bonds. The molecule has 0 aliphatic heterocycles. The molecule has 100 valence electrons. The number of nitrogens with zero attached hydrogens (tertiary/aromatic N) is 1. The van der Waals surface area contributed by atoms with Gasteiger partial charge in [-0.25, -0.2) is 13.5 Å². The Kier molecular flexibility index (Phi) is 3.63. The van der Waals surface area contributed by atoms with Crippen molar-refractivity contribution in [1.82, 2.24) is 0 Å². The lowest BCUT2D eigenvalue weighted by Gasteiger charge is -2.33. The number of benzene rings is 1. The van der Waals surface area contributed by atoms with E-state index in [-0.39, 0.29) is 5.69 Å². The number of rotatable bonds is 4. The van der Waals surface area contributed by atoms with Gasteiger partial charge in [0.1, 0.15) is 11.4 Å². The van der Waals surface area contributed by atoms with Crippen LogP contribution in [0.2, 0.25) is 0 Å². The van der Waals surface area contributed by atoms with E-state index in [1.54, 1.807) is 0 Å². The summed E-state index contributed by atoms with van der Waals surface area (Å²) in [7, 11) is -4.80. The molecular weight excluding hydrogens is 265 g/mol. The van der Waals surface area contributed by atoms with Gasteiger partial charge in [0, 0.05) is 0 Å². The molecule has 8 heteroatoms. The molecule has 0 radical (unpaired) electrons. The van der Waals surface area contributed by atoms with Crippen molar-refractivity contribution in [3.63, 3.8) is 0 Å². The molecule has 0 saturated heterocycles. The molecule has 0 aliphatic carbocycles. The highest BCUT2D eigenvalue weighted by molar-refractivity contribution is 7.87. The summed E-state index contributed by atoms with van der Waals surface area (Å²) in [4.78, 5) is 11.1. The van der Waals surface area contributed by atoms with Crippen molar-refractivity contribution in [3.05, 3.63) is 30.1 Å². The lowest BCUT2D eigenvalue weighted by atomic mass is 10.1. The first-order chi connectivity index (χ1) is 8.06. The molecule has 0 heterocycles.